The van der Waals surface area contributed by atoms with E-state index < -0.39 is 10.0 Å². The summed E-state index contributed by atoms with van der Waals surface area (Å²) in [6, 6.07) is 2.95. The maximum atomic E-state index is 13.7. The minimum absolute atomic E-state index is 0.118. The fourth-order valence-electron chi connectivity index (χ4n) is 5.23. The molecule has 0 spiro atoms. The van der Waals surface area contributed by atoms with Gasteiger partial charge in [0, 0.05) is 25.9 Å². The topological polar surface area (TPSA) is 119 Å². The van der Waals surface area contributed by atoms with Crippen molar-refractivity contribution in [2.45, 2.75) is 65.5 Å². The van der Waals surface area contributed by atoms with Gasteiger partial charge in [-0.3, -0.25) is 9.52 Å². The zero-order valence-electron chi connectivity index (χ0n) is 21.6. The molecule has 5 heterocycles. The van der Waals surface area contributed by atoms with Gasteiger partial charge in [0.05, 0.1) is 38.9 Å². The van der Waals surface area contributed by atoms with Crippen molar-refractivity contribution in [3.8, 4) is 5.75 Å². The predicted octanol–water partition coefficient (Wildman–Crippen LogP) is 3.17. The predicted molar refractivity (Wildman–Crippen MR) is 142 cm³/mol. The molecule has 198 valence electrons. The second kappa shape index (κ2) is 10.1. The number of aryl methyl sites for hydroxylation is 4. The van der Waals surface area contributed by atoms with Crippen LogP contribution in [0.3, 0.4) is 0 Å². The second-order valence-corrected chi connectivity index (χ2v) is 12.5. The molecule has 0 saturated heterocycles. The molecule has 0 fully saturated rings. The third-order valence-electron chi connectivity index (χ3n) is 6.77. The van der Waals surface area contributed by atoms with Gasteiger partial charge in [-0.25, -0.2) is 23.4 Å². The molecular weight excluding hydrogens is 512 g/mol. The van der Waals surface area contributed by atoms with Crippen molar-refractivity contribution in [3.63, 3.8) is 0 Å². The molecule has 1 unspecified atom stereocenters. The Labute approximate surface area is 221 Å². The van der Waals surface area contributed by atoms with Gasteiger partial charge < -0.3 is 14.2 Å². The molecule has 3 aromatic heterocycles. The molecule has 0 aliphatic carbocycles. The standard InChI is InChI=1S/C25H32N6O4S2/c1-5-17-19(9-10-20(27-17)29-37(4,33)34)35-14-22(32)31-13-11-18-23(30-12-7-6-8-21(30)28-18)24(31)25-15(2)26-16(3)36-25/h9-10,24H,5-8,11-14H2,1-4H3,(H,27,29). The van der Waals surface area contributed by atoms with E-state index in [-0.39, 0.29) is 24.4 Å². The van der Waals surface area contributed by atoms with Crippen molar-refractivity contribution >= 4 is 33.1 Å². The Morgan fingerprint density at radius 1 is 1.16 bits per heavy atom. The van der Waals surface area contributed by atoms with Gasteiger partial charge in [-0.1, -0.05) is 6.92 Å². The molecule has 0 aromatic carbocycles. The number of carbonyl (C=O) groups excluding carboxylic acids is 1. The largest absolute Gasteiger partial charge is 0.482 e. The molecule has 1 amide bonds. The van der Waals surface area contributed by atoms with Crippen molar-refractivity contribution in [3.05, 3.63) is 50.6 Å². The average Bonchev–Trinajstić information content (AvgIpc) is 3.40. The van der Waals surface area contributed by atoms with Crippen LogP contribution in [0.25, 0.3) is 0 Å². The molecule has 3 aromatic rings. The van der Waals surface area contributed by atoms with E-state index in [1.54, 1.807) is 17.4 Å². The number of anilines is 1. The summed E-state index contributed by atoms with van der Waals surface area (Å²) >= 11 is 1.63. The number of ether oxygens (including phenoxy) is 1. The summed E-state index contributed by atoms with van der Waals surface area (Å²) in [6.07, 6.45) is 5.53. The summed E-state index contributed by atoms with van der Waals surface area (Å²) in [5.74, 6) is 1.69. The fourth-order valence-corrected chi connectivity index (χ4v) is 6.77. The molecule has 12 heteroatoms. The van der Waals surface area contributed by atoms with E-state index in [2.05, 4.69) is 19.3 Å². The Hall–Kier alpha value is -2.99. The van der Waals surface area contributed by atoms with E-state index in [1.807, 2.05) is 25.7 Å². The minimum atomic E-state index is -3.44. The van der Waals surface area contributed by atoms with E-state index in [1.165, 1.54) is 6.07 Å². The Kier molecular flexibility index (Phi) is 6.97. The van der Waals surface area contributed by atoms with Gasteiger partial charge in [0.2, 0.25) is 10.0 Å². The first kappa shape index (κ1) is 25.7. The van der Waals surface area contributed by atoms with Gasteiger partial charge in [0.25, 0.3) is 5.91 Å². The minimum Gasteiger partial charge on any atom is -0.482 e. The number of hydrogen-bond acceptors (Lipinski definition) is 8. The lowest BCUT2D eigenvalue weighted by molar-refractivity contribution is -0.135. The molecule has 0 saturated carbocycles. The maximum absolute atomic E-state index is 13.7. The first-order valence-electron chi connectivity index (χ1n) is 12.6. The van der Waals surface area contributed by atoms with Crippen LogP contribution in [0.1, 0.15) is 64.3 Å². The highest BCUT2D eigenvalue weighted by Crippen LogP contribution is 2.41. The van der Waals surface area contributed by atoms with Crippen molar-refractivity contribution in [1.29, 1.82) is 0 Å². The second-order valence-electron chi connectivity index (χ2n) is 9.55. The number of pyridine rings is 1. The summed E-state index contributed by atoms with van der Waals surface area (Å²) in [5, 5.41) is 0.975. The Balaban J connectivity index is 1.42. The number of rotatable bonds is 7. The van der Waals surface area contributed by atoms with Gasteiger partial charge in [-0.15, -0.1) is 11.3 Å². The van der Waals surface area contributed by atoms with Crippen LogP contribution in [0.4, 0.5) is 5.82 Å². The van der Waals surface area contributed by atoms with Gasteiger partial charge in [-0.2, -0.15) is 0 Å². The molecule has 2 aliphatic rings. The number of thiazole rings is 1. The number of imidazole rings is 1. The zero-order chi connectivity index (χ0) is 26.3. The number of nitrogens with one attached hydrogen (secondary N) is 1. The maximum Gasteiger partial charge on any atom is 0.261 e. The Morgan fingerprint density at radius 2 is 1.97 bits per heavy atom. The molecule has 37 heavy (non-hydrogen) atoms. The average molecular weight is 545 g/mol. The third kappa shape index (κ3) is 5.22. The van der Waals surface area contributed by atoms with E-state index >= 15 is 0 Å². The van der Waals surface area contributed by atoms with Gasteiger partial charge in [0.1, 0.15) is 23.4 Å². The SMILES string of the molecule is CCc1nc(NS(C)(=O)=O)ccc1OCC(=O)N1CCc2nc3n(c2C1c1sc(C)nc1C)CCCC3. The molecule has 5 rings (SSSR count). The van der Waals surface area contributed by atoms with Gasteiger partial charge in [-0.05, 0) is 45.2 Å². The summed E-state index contributed by atoms with van der Waals surface area (Å²) in [7, 11) is -3.44. The third-order valence-corrected chi connectivity index (χ3v) is 8.48. The lowest BCUT2D eigenvalue weighted by Gasteiger charge is -2.36. The summed E-state index contributed by atoms with van der Waals surface area (Å²) in [4.78, 5) is 30.6. The van der Waals surface area contributed by atoms with Gasteiger partial charge >= 0.3 is 0 Å². The van der Waals surface area contributed by atoms with Crippen LogP contribution >= 0.6 is 11.3 Å². The van der Waals surface area contributed by atoms with Crippen molar-refractivity contribution in [2.75, 3.05) is 24.1 Å². The number of sulfonamides is 1. The number of fused-ring (bicyclic) bond motifs is 3. The highest BCUT2D eigenvalue weighted by Gasteiger charge is 2.39. The lowest BCUT2D eigenvalue weighted by atomic mass is 9.99. The van der Waals surface area contributed by atoms with E-state index in [0.29, 0.717) is 30.8 Å². The van der Waals surface area contributed by atoms with Crippen molar-refractivity contribution < 1.29 is 17.9 Å². The molecular formula is C25H32N6O4S2. The summed E-state index contributed by atoms with van der Waals surface area (Å²) < 4.78 is 33.8. The molecule has 1 atom stereocenters. The van der Waals surface area contributed by atoms with E-state index in [9.17, 15) is 13.2 Å². The monoisotopic (exact) mass is 544 g/mol. The smallest absolute Gasteiger partial charge is 0.261 e. The van der Waals surface area contributed by atoms with E-state index in [0.717, 1.165) is 64.9 Å². The molecule has 2 aliphatic heterocycles. The summed E-state index contributed by atoms with van der Waals surface area (Å²) in [6.45, 7) is 7.24. The first-order chi connectivity index (χ1) is 17.6. The van der Waals surface area contributed by atoms with Crippen LogP contribution in [0, 0.1) is 13.8 Å². The molecule has 0 radical (unpaired) electrons. The normalized spacial score (nSPS) is 17.3. The van der Waals surface area contributed by atoms with Crippen molar-refractivity contribution in [1.82, 2.24) is 24.4 Å². The Bertz CT molecular complexity index is 1450. The lowest BCUT2D eigenvalue weighted by Crippen LogP contribution is -2.43. The van der Waals surface area contributed by atoms with Crippen LogP contribution < -0.4 is 9.46 Å². The molecule has 0 bridgehead atoms. The van der Waals surface area contributed by atoms with Crippen LogP contribution in [-0.2, 0) is 40.6 Å². The van der Waals surface area contributed by atoms with Crippen LogP contribution in [0.5, 0.6) is 5.75 Å². The van der Waals surface area contributed by atoms with Gasteiger partial charge in [0.15, 0.2) is 6.61 Å². The number of carbonyl (C=O) groups is 1. The number of nitrogens with zero attached hydrogens (tertiary/aromatic N) is 5. The Morgan fingerprint density at radius 3 is 2.68 bits per heavy atom. The van der Waals surface area contributed by atoms with E-state index in [4.69, 9.17) is 9.72 Å². The highest BCUT2D eigenvalue weighted by molar-refractivity contribution is 7.92. The highest BCUT2D eigenvalue weighted by atomic mass is 32.2. The number of hydrogen-bond donors (Lipinski definition) is 1. The molecule has 1 N–H and O–H groups in total. The number of aromatic nitrogens is 4. The summed E-state index contributed by atoms with van der Waals surface area (Å²) in [5.41, 5.74) is 3.73. The van der Waals surface area contributed by atoms with Crippen LogP contribution in [0.15, 0.2) is 12.1 Å². The fraction of sp³-hybridized carbons (Fsp3) is 0.520. The first-order valence-corrected chi connectivity index (χ1v) is 15.3. The number of amides is 1. The molecule has 10 nitrogen and oxygen atoms in total. The van der Waals surface area contributed by atoms with Crippen LogP contribution in [0.2, 0.25) is 0 Å². The van der Waals surface area contributed by atoms with Crippen molar-refractivity contribution in [2.24, 2.45) is 0 Å². The van der Waals surface area contributed by atoms with Crippen LogP contribution in [-0.4, -0.2) is 58.2 Å². The zero-order valence-corrected chi connectivity index (χ0v) is 23.2. The quantitative estimate of drug-likeness (QED) is 0.485.